The number of hydrogen-bond acceptors (Lipinski definition) is 5. The Labute approximate surface area is 169 Å². The largest absolute Gasteiger partial charge is 0.439 e. The molecule has 1 aromatic heterocycles. The van der Waals surface area contributed by atoms with Crippen molar-refractivity contribution >= 4 is 10.0 Å². The molecule has 0 spiro atoms. The van der Waals surface area contributed by atoms with Crippen LogP contribution < -0.4 is 4.72 Å². The first-order chi connectivity index (χ1) is 14.0. The van der Waals surface area contributed by atoms with E-state index < -0.39 is 15.8 Å². The number of halogens is 1. The summed E-state index contributed by atoms with van der Waals surface area (Å²) in [6, 6.07) is 14.5. The first kappa shape index (κ1) is 19.8. The van der Waals surface area contributed by atoms with E-state index in [9.17, 15) is 12.8 Å². The van der Waals surface area contributed by atoms with Gasteiger partial charge in [-0.3, -0.25) is 4.90 Å². The summed E-state index contributed by atoms with van der Waals surface area (Å²) >= 11 is 0. The van der Waals surface area contributed by atoms with Gasteiger partial charge in [0.15, 0.2) is 5.76 Å². The summed E-state index contributed by atoms with van der Waals surface area (Å²) in [7, 11) is -3.65. The molecule has 2 heterocycles. The summed E-state index contributed by atoms with van der Waals surface area (Å²) in [5, 5.41) is 0. The normalized spacial score (nSPS) is 16.2. The zero-order chi connectivity index (χ0) is 20.3. The Bertz CT molecular complexity index is 1040. The van der Waals surface area contributed by atoms with E-state index in [1.54, 1.807) is 6.20 Å². The van der Waals surface area contributed by atoms with Crippen molar-refractivity contribution < 1.29 is 17.2 Å². The van der Waals surface area contributed by atoms with Gasteiger partial charge in [0.2, 0.25) is 15.9 Å². The minimum atomic E-state index is -3.65. The monoisotopic (exact) mass is 415 g/mol. The van der Waals surface area contributed by atoms with Gasteiger partial charge >= 0.3 is 0 Å². The molecule has 0 unspecified atom stereocenters. The van der Waals surface area contributed by atoms with Gasteiger partial charge in [-0.25, -0.2) is 22.5 Å². The van der Waals surface area contributed by atoms with Crippen LogP contribution in [-0.2, 0) is 16.6 Å². The first-order valence-electron chi connectivity index (χ1n) is 9.50. The van der Waals surface area contributed by atoms with Gasteiger partial charge in [0.25, 0.3) is 0 Å². The van der Waals surface area contributed by atoms with E-state index in [4.69, 9.17) is 4.42 Å². The molecule has 1 aliphatic heterocycles. The average molecular weight is 415 g/mol. The van der Waals surface area contributed by atoms with Gasteiger partial charge in [-0.2, -0.15) is 0 Å². The molecule has 0 radical (unpaired) electrons. The minimum absolute atomic E-state index is 0.0783. The number of piperidine rings is 1. The Balaban J connectivity index is 1.31. The number of aromatic nitrogens is 1. The van der Waals surface area contributed by atoms with Crippen LogP contribution in [0.5, 0.6) is 0 Å². The third-order valence-electron chi connectivity index (χ3n) is 5.00. The molecule has 152 valence electrons. The third kappa shape index (κ3) is 4.90. The molecular formula is C21H22FN3O3S. The Morgan fingerprint density at radius 2 is 1.76 bits per heavy atom. The summed E-state index contributed by atoms with van der Waals surface area (Å²) in [5.41, 5.74) is 0.986. The van der Waals surface area contributed by atoms with E-state index in [2.05, 4.69) is 14.6 Å². The number of rotatable bonds is 6. The fraction of sp³-hybridized carbons (Fsp3) is 0.286. The molecule has 0 amide bonds. The van der Waals surface area contributed by atoms with Crippen LogP contribution in [0.25, 0.3) is 11.3 Å². The number of likely N-dealkylation sites (tertiary alicyclic amines) is 1. The van der Waals surface area contributed by atoms with Gasteiger partial charge in [0, 0.05) is 24.7 Å². The van der Waals surface area contributed by atoms with Crippen LogP contribution in [-0.4, -0.2) is 37.4 Å². The van der Waals surface area contributed by atoms with Gasteiger partial charge in [-0.15, -0.1) is 0 Å². The lowest BCUT2D eigenvalue weighted by molar-refractivity contribution is 0.184. The molecule has 8 heteroatoms. The van der Waals surface area contributed by atoms with Crippen LogP contribution in [0.1, 0.15) is 18.7 Å². The molecule has 6 nitrogen and oxygen atoms in total. The zero-order valence-electron chi connectivity index (χ0n) is 15.8. The first-order valence-corrected chi connectivity index (χ1v) is 11.0. The van der Waals surface area contributed by atoms with Crippen molar-refractivity contribution in [3.8, 4) is 11.3 Å². The van der Waals surface area contributed by atoms with E-state index in [-0.39, 0.29) is 10.9 Å². The second-order valence-electron chi connectivity index (χ2n) is 7.11. The molecule has 0 aliphatic carbocycles. The molecule has 0 saturated carbocycles. The molecular weight excluding hydrogens is 393 g/mol. The van der Waals surface area contributed by atoms with Crippen LogP contribution in [0.2, 0.25) is 0 Å². The molecule has 4 rings (SSSR count). The molecule has 29 heavy (non-hydrogen) atoms. The smallest absolute Gasteiger partial charge is 0.240 e. The minimum Gasteiger partial charge on any atom is -0.439 e. The maximum absolute atomic E-state index is 13.0. The van der Waals surface area contributed by atoms with Gasteiger partial charge in [0.1, 0.15) is 5.82 Å². The van der Waals surface area contributed by atoms with Crippen molar-refractivity contribution in [2.24, 2.45) is 0 Å². The predicted octanol–water partition coefficient (Wildman–Crippen LogP) is 3.42. The highest BCUT2D eigenvalue weighted by molar-refractivity contribution is 7.89. The van der Waals surface area contributed by atoms with E-state index >= 15 is 0 Å². The van der Waals surface area contributed by atoms with E-state index in [0.717, 1.165) is 36.5 Å². The molecule has 1 fully saturated rings. The van der Waals surface area contributed by atoms with Gasteiger partial charge in [0.05, 0.1) is 17.6 Å². The number of nitrogens with one attached hydrogen (secondary N) is 1. The summed E-state index contributed by atoms with van der Waals surface area (Å²) in [4.78, 5) is 6.64. The highest BCUT2D eigenvalue weighted by atomic mass is 32.2. The van der Waals surface area contributed by atoms with E-state index in [0.29, 0.717) is 25.3 Å². The lowest BCUT2D eigenvalue weighted by Crippen LogP contribution is -2.44. The van der Waals surface area contributed by atoms with Crippen LogP contribution >= 0.6 is 0 Å². The Morgan fingerprint density at radius 3 is 2.45 bits per heavy atom. The Kier molecular flexibility index (Phi) is 5.75. The van der Waals surface area contributed by atoms with Crippen LogP contribution in [0.3, 0.4) is 0 Å². The van der Waals surface area contributed by atoms with Crippen LogP contribution in [0.4, 0.5) is 4.39 Å². The van der Waals surface area contributed by atoms with Crippen LogP contribution in [0.15, 0.2) is 70.1 Å². The average Bonchev–Trinajstić information content (AvgIpc) is 3.19. The lowest BCUT2D eigenvalue weighted by atomic mass is 10.1. The molecule has 0 atom stereocenters. The topological polar surface area (TPSA) is 75.4 Å². The number of benzene rings is 2. The third-order valence-corrected chi connectivity index (χ3v) is 6.54. The highest BCUT2D eigenvalue weighted by Gasteiger charge is 2.25. The fourth-order valence-electron chi connectivity index (χ4n) is 3.42. The number of nitrogens with zero attached hydrogens (tertiary/aromatic N) is 2. The zero-order valence-corrected chi connectivity index (χ0v) is 16.6. The second kappa shape index (κ2) is 8.44. The summed E-state index contributed by atoms with van der Waals surface area (Å²) in [6.07, 6.45) is 3.10. The maximum atomic E-state index is 13.0. The molecule has 2 aromatic carbocycles. The summed E-state index contributed by atoms with van der Waals surface area (Å²) in [6.45, 7) is 2.06. The Hall–Kier alpha value is -2.55. The lowest BCUT2D eigenvalue weighted by Gasteiger charge is -2.31. The van der Waals surface area contributed by atoms with Gasteiger partial charge < -0.3 is 4.42 Å². The highest BCUT2D eigenvalue weighted by Crippen LogP contribution is 2.22. The summed E-state index contributed by atoms with van der Waals surface area (Å²) in [5.74, 6) is 0.927. The van der Waals surface area contributed by atoms with Crippen LogP contribution in [0, 0.1) is 5.82 Å². The number of sulfonamides is 1. The van der Waals surface area contributed by atoms with Crippen molar-refractivity contribution in [1.29, 1.82) is 0 Å². The van der Waals surface area contributed by atoms with E-state index in [1.165, 1.54) is 12.1 Å². The molecule has 3 aromatic rings. The standard InChI is InChI=1S/C21H22FN3O3S/c22-17-6-8-19(9-7-17)29(26,27)24-18-10-12-25(13-11-18)15-21-23-14-20(28-21)16-4-2-1-3-5-16/h1-9,14,18,24H,10-13,15H2. The fourth-order valence-corrected chi connectivity index (χ4v) is 4.73. The molecule has 1 saturated heterocycles. The van der Waals surface area contributed by atoms with Crippen molar-refractivity contribution in [3.63, 3.8) is 0 Å². The number of oxazole rings is 1. The van der Waals surface area contributed by atoms with Gasteiger partial charge in [-0.1, -0.05) is 30.3 Å². The van der Waals surface area contributed by atoms with Gasteiger partial charge in [-0.05, 0) is 37.1 Å². The SMILES string of the molecule is O=S(=O)(NC1CCN(Cc2ncc(-c3ccccc3)o2)CC1)c1ccc(F)cc1. The van der Waals surface area contributed by atoms with Crippen molar-refractivity contribution in [1.82, 2.24) is 14.6 Å². The van der Waals surface area contributed by atoms with E-state index in [1.807, 2.05) is 30.3 Å². The molecule has 1 N–H and O–H groups in total. The molecule has 1 aliphatic rings. The summed E-state index contributed by atoms with van der Waals surface area (Å²) < 4.78 is 46.5. The Morgan fingerprint density at radius 1 is 1.07 bits per heavy atom. The number of hydrogen-bond donors (Lipinski definition) is 1. The van der Waals surface area contributed by atoms with Crippen molar-refractivity contribution in [2.75, 3.05) is 13.1 Å². The predicted molar refractivity (Wildman–Crippen MR) is 107 cm³/mol. The second-order valence-corrected chi connectivity index (χ2v) is 8.82. The van der Waals surface area contributed by atoms with Crippen molar-refractivity contribution in [3.05, 3.63) is 72.5 Å². The van der Waals surface area contributed by atoms with Crippen molar-refractivity contribution in [2.45, 2.75) is 30.3 Å². The molecule has 0 bridgehead atoms. The quantitative estimate of drug-likeness (QED) is 0.668. The maximum Gasteiger partial charge on any atom is 0.240 e.